The molecule has 0 amide bonds. The molecule has 0 aliphatic carbocycles. The van der Waals surface area contributed by atoms with Gasteiger partial charge in [-0.2, -0.15) is 0 Å². The van der Waals surface area contributed by atoms with Gasteiger partial charge >= 0.3 is 0 Å². The molecule has 1 aromatic rings. The van der Waals surface area contributed by atoms with Crippen LogP contribution in [0, 0.1) is 0 Å². The van der Waals surface area contributed by atoms with Crippen LogP contribution in [0.1, 0.15) is 0 Å². The predicted octanol–water partition coefficient (Wildman–Crippen LogP) is 2.22. The maximum absolute atomic E-state index is 5.50. The molecule has 76 valence electrons. The van der Waals surface area contributed by atoms with Crippen LogP contribution in [0.3, 0.4) is 0 Å². The molecule has 1 N–H and O–H groups in total. The SMILES string of the molecule is S=C(COc1ccccc1)NCCCl. The molecule has 0 radical (unpaired) electrons. The summed E-state index contributed by atoms with van der Waals surface area (Å²) < 4.78 is 5.42. The molecule has 0 bridgehead atoms. The van der Waals surface area contributed by atoms with E-state index in [9.17, 15) is 0 Å². The maximum atomic E-state index is 5.50. The topological polar surface area (TPSA) is 21.3 Å². The van der Waals surface area contributed by atoms with E-state index in [4.69, 9.17) is 28.6 Å². The Morgan fingerprint density at radius 2 is 2.07 bits per heavy atom. The molecular formula is C10H12ClNOS. The Kier molecular flexibility index (Phi) is 5.33. The summed E-state index contributed by atoms with van der Waals surface area (Å²) in [6.45, 7) is 1.08. The molecule has 0 aromatic heterocycles. The van der Waals surface area contributed by atoms with Crippen molar-refractivity contribution in [1.82, 2.24) is 5.32 Å². The highest BCUT2D eigenvalue weighted by molar-refractivity contribution is 7.80. The summed E-state index contributed by atoms with van der Waals surface area (Å²) in [5, 5.41) is 2.98. The lowest BCUT2D eigenvalue weighted by atomic mass is 10.3. The lowest BCUT2D eigenvalue weighted by Gasteiger charge is -2.08. The second-order valence-electron chi connectivity index (χ2n) is 2.64. The molecule has 4 heteroatoms. The van der Waals surface area contributed by atoms with E-state index in [2.05, 4.69) is 5.32 Å². The molecule has 0 unspecified atom stereocenters. The zero-order valence-corrected chi connectivity index (χ0v) is 9.27. The number of hydrogen-bond acceptors (Lipinski definition) is 2. The first-order chi connectivity index (χ1) is 6.83. The number of alkyl halides is 1. The molecule has 1 aromatic carbocycles. The average Bonchev–Trinajstić information content (AvgIpc) is 2.25. The molecular weight excluding hydrogens is 218 g/mol. The summed E-state index contributed by atoms with van der Waals surface area (Å²) in [4.78, 5) is 0.675. The van der Waals surface area contributed by atoms with Crippen LogP contribution in [-0.4, -0.2) is 24.0 Å². The van der Waals surface area contributed by atoms with E-state index in [0.717, 1.165) is 5.75 Å². The normalized spacial score (nSPS) is 9.50. The van der Waals surface area contributed by atoms with Gasteiger partial charge in [0, 0.05) is 12.4 Å². The van der Waals surface area contributed by atoms with Crippen LogP contribution in [-0.2, 0) is 0 Å². The van der Waals surface area contributed by atoms with Gasteiger partial charge in [0.1, 0.15) is 17.3 Å². The van der Waals surface area contributed by atoms with Crippen molar-refractivity contribution in [3.63, 3.8) is 0 Å². The average molecular weight is 230 g/mol. The number of para-hydroxylation sites is 1. The summed E-state index contributed by atoms with van der Waals surface area (Å²) in [6.07, 6.45) is 0. The monoisotopic (exact) mass is 229 g/mol. The molecule has 0 fully saturated rings. The Labute approximate surface area is 94.2 Å². The van der Waals surface area contributed by atoms with Crippen LogP contribution in [0.4, 0.5) is 0 Å². The standard InChI is InChI=1S/C10H12ClNOS/c11-6-7-12-10(14)8-13-9-4-2-1-3-5-9/h1-5H,6-8H2,(H,12,14). The molecule has 0 heterocycles. The minimum absolute atomic E-state index is 0.399. The smallest absolute Gasteiger partial charge is 0.138 e. The second kappa shape index (κ2) is 6.62. The quantitative estimate of drug-likeness (QED) is 0.618. The van der Waals surface area contributed by atoms with Crippen molar-refractivity contribution in [2.24, 2.45) is 0 Å². The summed E-state index contributed by atoms with van der Waals surface area (Å²) in [6, 6.07) is 9.57. The van der Waals surface area contributed by atoms with E-state index in [1.54, 1.807) is 0 Å². The van der Waals surface area contributed by atoms with Crippen molar-refractivity contribution >= 4 is 28.8 Å². The van der Waals surface area contributed by atoms with E-state index in [1.807, 2.05) is 30.3 Å². The fourth-order valence-electron chi connectivity index (χ4n) is 0.903. The Hall–Kier alpha value is -0.800. The highest BCUT2D eigenvalue weighted by Gasteiger charge is 1.96. The van der Waals surface area contributed by atoms with Gasteiger partial charge in [0.15, 0.2) is 0 Å². The van der Waals surface area contributed by atoms with Crippen molar-refractivity contribution < 1.29 is 4.74 Å². The molecule has 0 aliphatic rings. The van der Waals surface area contributed by atoms with E-state index < -0.39 is 0 Å². The van der Waals surface area contributed by atoms with Gasteiger partial charge in [-0.25, -0.2) is 0 Å². The van der Waals surface area contributed by atoms with Gasteiger partial charge in [0.2, 0.25) is 0 Å². The fourth-order valence-corrected chi connectivity index (χ4v) is 1.16. The van der Waals surface area contributed by atoms with Gasteiger partial charge in [-0.15, -0.1) is 11.6 Å². The van der Waals surface area contributed by atoms with Crippen LogP contribution in [0.15, 0.2) is 30.3 Å². The first kappa shape index (κ1) is 11.3. The molecule has 0 spiro atoms. The van der Waals surface area contributed by atoms with Gasteiger partial charge in [0.05, 0.1) is 0 Å². The number of rotatable bonds is 5. The molecule has 1 rings (SSSR count). The first-order valence-electron chi connectivity index (χ1n) is 4.33. The van der Waals surface area contributed by atoms with Gasteiger partial charge in [-0.3, -0.25) is 0 Å². The third-order valence-corrected chi connectivity index (χ3v) is 1.98. The van der Waals surface area contributed by atoms with Crippen molar-refractivity contribution in [1.29, 1.82) is 0 Å². The number of benzene rings is 1. The number of nitrogens with one attached hydrogen (secondary N) is 1. The molecule has 0 aliphatic heterocycles. The molecule has 14 heavy (non-hydrogen) atoms. The Balaban J connectivity index is 2.24. The van der Waals surface area contributed by atoms with Crippen molar-refractivity contribution in [2.45, 2.75) is 0 Å². The highest BCUT2D eigenvalue weighted by Crippen LogP contribution is 2.07. The van der Waals surface area contributed by atoms with E-state index >= 15 is 0 Å². The third kappa shape index (κ3) is 4.44. The lowest BCUT2D eigenvalue weighted by Crippen LogP contribution is -2.28. The lowest BCUT2D eigenvalue weighted by molar-refractivity contribution is 0.375. The van der Waals surface area contributed by atoms with Crippen LogP contribution < -0.4 is 10.1 Å². The van der Waals surface area contributed by atoms with Crippen molar-refractivity contribution in [3.8, 4) is 5.75 Å². The largest absolute Gasteiger partial charge is 0.486 e. The van der Waals surface area contributed by atoms with Crippen LogP contribution in [0.25, 0.3) is 0 Å². The second-order valence-corrected chi connectivity index (χ2v) is 3.51. The maximum Gasteiger partial charge on any atom is 0.138 e. The molecule has 0 atom stereocenters. The van der Waals surface area contributed by atoms with Crippen molar-refractivity contribution in [3.05, 3.63) is 30.3 Å². The van der Waals surface area contributed by atoms with Gasteiger partial charge < -0.3 is 10.1 Å². The van der Waals surface area contributed by atoms with Crippen LogP contribution in [0.5, 0.6) is 5.75 Å². The summed E-state index contributed by atoms with van der Waals surface area (Å²) in [7, 11) is 0. The van der Waals surface area contributed by atoms with E-state index in [1.165, 1.54) is 0 Å². The summed E-state index contributed by atoms with van der Waals surface area (Å²) >= 11 is 10.5. The summed E-state index contributed by atoms with van der Waals surface area (Å²) in [5.74, 6) is 1.37. The summed E-state index contributed by atoms with van der Waals surface area (Å²) in [5.41, 5.74) is 0. The van der Waals surface area contributed by atoms with E-state index in [-0.39, 0.29) is 0 Å². The molecule has 2 nitrogen and oxygen atoms in total. The van der Waals surface area contributed by atoms with Crippen LogP contribution in [0.2, 0.25) is 0 Å². The number of halogens is 1. The Morgan fingerprint density at radius 1 is 1.36 bits per heavy atom. The third-order valence-electron chi connectivity index (χ3n) is 1.53. The predicted molar refractivity (Wildman–Crippen MR) is 63.3 cm³/mol. The Bertz CT molecular complexity index is 279. The minimum atomic E-state index is 0.399. The van der Waals surface area contributed by atoms with E-state index in [0.29, 0.717) is 24.0 Å². The van der Waals surface area contributed by atoms with Crippen molar-refractivity contribution in [2.75, 3.05) is 19.0 Å². The fraction of sp³-hybridized carbons (Fsp3) is 0.300. The van der Waals surface area contributed by atoms with Gasteiger partial charge in [-0.1, -0.05) is 30.4 Å². The van der Waals surface area contributed by atoms with Gasteiger partial charge in [0.25, 0.3) is 0 Å². The highest BCUT2D eigenvalue weighted by atomic mass is 35.5. The zero-order chi connectivity index (χ0) is 10.2. The molecule has 0 saturated heterocycles. The first-order valence-corrected chi connectivity index (χ1v) is 5.27. The molecule has 0 saturated carbocycles. The Morgan fingerprint density at radius 3 is 2.71 bits per heavy atom. The zero-order valence-electron chi connectivity index (χ0n) is 7.70. The van der Waals surface area contributed by atoms with Gasteiger partial charge in [-0.05, 0) is 12.1 Å². The minimum Gasteiger partial charge on any atom is -0.486 e. The number of ether oxygens (including phenoxy) is 1. The number of thiocarbonyl (C=S) groups is 1. The van der Waals surface area contributed by atoms with Crippen LogP contribution >= 0.6 is 23.8 Å². The number of hydrogen-bond donors (Lipinski definition) is 1.